The number of carbonyl (C=O) groups excluding carboxylic acids is 1. The normalized spacial score (nSPS) is 11.9. The molecule has 0 bridgehead atoms. The average molecular weight is 328 g/mol. The Hall–Kier alpha value is -2.13. The molecule has 2 rings (SSSR count). The Morgan fingerprint density at radius 1 is 1.04 bits per heavy atom. The molecule has 1 N–H and O–H groups in total. The lowest BCUT2D eigenvalue weighted by Crippen LogP contribution is -2.19. The predicted molar refractivity (Wildman–Crippen MR) is 97.7 cm³/mol. The fourth-order valence-corrected chi connectivity index (χ4v) is 2.14. The van der Waals surface area contributed by atoms with Crippen LogP contribution >= 0.6 is 0 Å². The van der Waals surface area contributed by atoms with Gasteiger partial charge in [0.15, 0.2) is 0 Å². The highest BCUT2D eigenvalue weighted by Crippen LogP contribution is 2.15. The molecule has 1 unspecified atom stereocenters. The van der Waals surface area contributed by atoms with Gasteiger partial charge in [0.25, 0.3) is 0 Å². The van der Waals surface area contributed by atoms with E-state index in [0.29, 0.717) is 0 Å². The lowest BCUT2D eigenvalue weighted by Gasteiger charge is -2.16. The van der Waals surface area contributed by atoms with E-state index in [1.54, 1.807) is 0 Å². The van der Waals surface area contributed by atoms with Crippen molar-refractivity contribution in [2.24, 2.45) is 0 Å². The Kier molecular flexibility index (Phi) is 8.20. The number of rotatable bonds is 5. The molecule has 0 aliphatic rings. The SMILES string of the molecule is CC(=O)OC(C)c1ccccc1.CC(C)(O)CCc1ccccc1. The van der Waals surface area contributed by atoms with Gasteiger partial charge in [0.05, 0.1) is 5.60 Å². The van der Waals surface area contributed by atoms with Crippen LogP contribution in [0.5, 0.6) is 0 Å². The standard InChI is InChI=1S/C11H16O.C10H12O2/c1-11(2,12)9-8-10-6-4-3-5-7-10;1-8(12-9(2)11)10-6-4-3-5-7-10/h3-7,12H,8-9H2,1-2H3;3-8H,1-2H3. The highest BCUT2D eigenvalue weighted by atomic mass is 16.5. The lowest BCUT2D eigenvalue weighted by molar-refractivity contribution is -0.145. The molecule has 2 aromatic rings. The van der Waals surface area contributed by atoms with Crippen LogP contribution in [0, 0.1) is 0 Å². The molecular weight excluding hydrogens is 300 g/mol. The Morgan fingerprint density at radius 2 is 1.54 bits per heavy atom. The van der Waals surface area contributed by atoms with Crippen molar-refractivity contribution in [3.63, 3.8) is 0 Å². The Morgan fingerprint density at radius 3 is 2.00 bits per heavy atom. The fourth-order valence-electron chi connectivity index (χ4n) is 2.14. The van der Waals surface area contributed by atoms with Crippen LogP contribution in [0.4, 0.5) is 0 Å². The van der Waals surface area contributed by atoms with Gasteiger partial charge in [-0.3, -0.25) is 4.79 Å². The van der Waals surface area contributed by atoms with Crippen molar-refractivity contribution in [1.29, 1.82) is 0 Å². The van der Waals surface area contributed by atoms with Crippen molar-refractivity contribution in [1.82, 2.24) is 0 Å². The molecule has 0 saturated carbocycles. The van der Waals surface area contributed by atoms with E-state index in [9.17, 15) is 9.90 Å². The van der Waals surface area contributed by atoms with Gasteiger partial charge in [0.1, 0.15) is 6.10 Å². The molecule has 2 aromatic carbocycles. The topological polar surface area (TPSA) is 46.5 Å². The Balaban J connectivity index is 0.000000240. The van der Waals surface area contributed by atoms with Crippen LogP contribution in [-0.2, 0) is 16.0 Å². The largest absolute Gasteiger partial charge is 0.458 e. The van der Waals surface area contributed by atoms with Gasteiger partial charge in [-0.1, -0.05) is 60.7 Å². The molecule has 0 aliphatic heterocycles. The second-order valence-electron chi connectivity index (χ2n) is 6.46. The van der Waals surface area contributed by atoms with E-state index in [1.165, 1.54) is 12.5 Å². The van der Waals surface area contributed by atoms with Gasteiger partial charge in [0, 0.05) is 6.92 Å². The minimum Gasteiger partial charge on any atom is -0.458 e. The number of esters is 1. The molecule has 0 aliphatic carbocycles. The smallest absolute Gasteiger partial charge is 0.303 e. The van der Waals surface area contributed by atoms with Crippen LogP contribution in [0.1, 0.15) is 51.3 Å². The van der Waals surface area contributed by atoms with Crippen molar-refractivity contribution < 1.29 is 14.6 Å². The maximum absolute atomic E-state index is 10.6. The zero-order valence-corrected chi connectivity index (χ0v) is 15.0. The van der Waals surface area contributed by atoms with E-state index in [2.05, 4.69) is 12.1 Å². The highest BCUT2D eigenvalue weighted by molar-refractivity contribution is 5.66. The van der Waals surface area contributed by atoms with E-state index in [-0.39, 0.29) is 12.1 Å². The summed E-state index contributed by atoms with van der Waals surface area (Å²) in [5, 5.41) is 9.48. The number of carbonyl (C=O) groups is 1. The molecular formula is C21H28O3. The summed E-state index contributed by atoms with van der Waals surface area (Å²) in [6, 6.07) is 19.9. The molecule has 130 valence electrons. The first-order valence-corrected chi connectivity index (χ1v) is 8.26. The summed E-state index contributed by atoms with van der Waals surface area (Å²) in [5.74, 6) is -0.244. The third-order valence-electron chi connectivity index (χ3n) is 3.48. The molecule has 0 aromatic heterocycles. The van der Waals surface area contributed by atoms with Gasteiger partial charge in [-0.2, -0.15) is 0 Å². The van der Waals surface area contributed by atoms with Gasteiger partial charge in [-0.25, -0.2) is 0 Å². The maximum atomic E-state index is 10.6. The number of ether oxygens (including phenoxy) is 1. The minimum absolute atomic E-state index is 0.149. The minimum atomic E-state index is -0.546. The first kappa shape index (κ1) is 19.9. The molecule has 0 heterocycles. The van der Waals surface area contributed by atoms with Crippen LogP contribution in [0.3, 0.4) is 0 Å². The molecule has 0 radical (unpaired) electrons. The third-order valence-corrected chi connectivity index (χ3v) is 3.48. The molecule has 3 heteroatoms. The summed E-state index contributed by atoms with van der Waals surface area (Å²) in [7, 11) is 0. The third kappa shape index (κ3) is 9.11. The average Bonchev–Trinajstić information content (AvgIpc) is 2.54. The summed E-state index contributed by atoms with van der Waals surface area (Å²) in [4.78, 5) is 10.6. The van der Waals surface area contributed by atoms with Crippen LogP contribution in [0.15, 0.2) is 60.7 Å². The van der Waals surface area contributed by atoms with E-state index >= 15 is 0 Å². The number of aryl methyl sites for hydroxylation is 1. The van der Waals surface area contributed by atoms with E-state index < -0.39 is 5.60 Å². The summed E-state index contributed by atoms with van der Waals surface area (Å²) in [5.41, 5.74) is 1.77. The number of hydrogen-bond acceptors (Lipinski definition) is 3. The highest BCUT2D eigenvalue weighted by Gasteiger charge is 2.11. The second-order valence-corrected chi connectivity index (χ2v) is 6.46. The lowest BCUT2D eigenvalue weighted by atomic mass is 9.99. The maximum Gasteiger partial charge on any atom is 0.303 e. The van der Waals surface area contributed by atoms with Crippen molar-refractivity contribution in [2.45, 2.75) is 52.2 Å². The Labute approximate surface area is 145 Å². The van der Waals surface area contributed by atoms with Crippen LogP contribution in [-0.4, -0.2) is 16.7 Å². The van der Waals surface area contributed by atoms with E-state index in [0.717, 1.165) is 18.4 Å². The van der Waals surface area contributed by atoms with Crippen molar-refractivity contribution in [3.8, 4) is 0 Å². The summed E-state index contributed by atoms with van der Waals surface area (Å²) in [6.45, 7) is 6.96. The quantitative estimate of drug-likeness (QED) is 0.809. The van der Waals surface area contributed by atoms with Crippen LogP contribution in [0.2, 0.25) is 0 Å². The molecule has 24 heavy (non-hydrogen) atoms. The zero-order chi connectivity index (χ0) is 18.0. The summed E-state index contributed by atoms with van der Waals surface area (Å²) in [6.07, 6.45) is 1.62. The number of benzene rings is 2. The van der Waals surface area contributed by atoms with Crippen molar-refractivity contribution in [2.75, 3.05) is 0 Å². The van der Waals surface area contributed by atoms with Crippen LogP contribution < -0.4 is 0 Å². The molecule has 0 amide bonds. The molecule has 0 saturated heterocycles. The predicted octanol–water partition coefficient (Wildman–Crippen LogP) is 4.70. The summed E-state index contributed by atoms with van der Waals surface area (Å²) < 4.78 is 5.00. The molecule has 1 atom stereocenters. The summed E-state index contributed by atoms with van der Waals surface area (Å²) >= 11 is 0. The second kappa shape index (κ2) is 9.89. The molecule has 0 fully saturated rings. The monoisotopic (exact) mass is 328 g/mol. The van der Waals surface area contributed by atoms with Gasteiger partial charge < -0.3 is 9.84 Å². The van der Waals surface area contributed by atoms with Crippen molar-refractivity contribution >= 4 is 5.97 Å². The number of aliphatic hydroxyl groups is 1. The first-order chi connectivity index (χ1) is 11.3. The molecule has 0 spiro atoms. The van der Waals surface area contributed by atoms with Gasteiger partial charge in [-0.05, 0) is 44.7 Å². The van der Waals surface area contributed by atoms with Crippen LogP contribution in [0.25, 0.3) is 0 Å². The van der Waals surface area contributed by atoms with Crippen molar-refractivity contribution in [3.05, 3.63) is 71.8 Å². The zero-order valence-electron chi connectivity index (χ0n) is 15.0. The van der Waals surface area contributed by atoms with Gasteiger partial charge >= 0.3 is 5.97 Å². The van der Waals surface area contributed by atoms with E-state index in [1.807, 2.05) is 69.3 Å². The van der Waals surface area contributed by atoms with Gasteiger partial charge in [-0.15, -0.1) is 0 Å². The fraction of sp³-hybridized carbons (Fsp3) is 0.381. The Bertz CT molecular complexity index is 585. The first-order valence-electron chi connectivity index (χ1n) is 8.26. The number of hydrogen-bond donors (Lipinski definition) is 1. The van der Waals surface area contributed by atoms with E-state index in [4.69, 9.17) is 4.74 Å². The molecule has 3 nitrogen and oxygen atoms in total. The van der Waals surface area contributed by atoms with Gasteiger partial charge in [0.2, 0.25) is 0 Å².